The molecule has 1 saturated heterocycles. The molecule has 0 saturated carbocycles. The zero-order valence-electron chi connectivity index (χ0n) is 9.35. The second-order valence-corrected chi connectivity index (χ2v) is 3.93. The summed E-state index contributed by atoms with van der Waals surface area (Å²) < 4.78 is 5.37. The van der Waals surface area contributed by atoms with Crippen LogP contribution in [0.2, 0.25) is 0 Å². The molecular weight excluding hydrogens is 218 g/mol. The molecule has 5 heteroatoms. The van der Waals surface area contributed by atoms with Crippen molar-refractivity contribution in [2.45, 2.75) is 25.4 Å². The maximum absolute atomic E-state index is 11.6. The lowest BCUT2D eigenvalue weighted by molar-refractivity contribution is -0.118. The largest absolute Gasteiger partial charge is 0.378 e. The summed E-state index contributed by atoms with van der Waals surface area (Å²) in [4.78, 5) is 15.6. The number of pyridine rings is 1. The number of carbonyl (C=O) groups excluding carboxylic acids is 1. The van der Waals surface area contributed by atoms with E-state index in [1.54, 1.807) is 12.1 Å². The second-order valence-electron chi connectivity index (χ2n) is 3.93. The maximum Gasteiger partial charge on any atom is 0.228 e. The fraction of sp³-hybridized carbons (Fsp3) is 0.417. The number of nitriles is 1. The summed E-state index contributed by atoms with van der Waals surface area (Å²) in [6.45, 7) is 0.743. The highest BCUT2D eigenvalue weighted by molar-refractivity contribution is 5.90. The van der Waals surface area contributed by atoms with Crippen LogP contribution in [0.4, 0.5) is 5.82 Å². The van der Waals surface area contributed by atoms with Crippen LogP contribution in [-0.2, 0) is 9.53 Å². The fourth-order valence-electron chi connectivity index (χ4n) is 1.74. The number of rotatable bonds is 3. The molecule has 1 N–H and O–H groups in total. The molecular formula is C12H13N3O2. The Hall–Kier alpha value is -1.93. The van der Waals surface area contributed by atoms with E-state index in [1.165, 1.54) is 6.20 Å². The van der Waals surface area contributed by atoms with Crippen LogP contribution in [0.3, 0.4) is 0 Å². The molecule has 5 nitrogen and oxygen atoms in total. The van der Waals surface area contributed by atoms with Crippen molar-refractivity contribution in [1.29, 1.82) is 5.26 Å². The van der Waals surface area contributed by atoms with Gasteiger partial charge in [-0.3, -0.25) is 4.79 Å². The Morgan fingerprint density at radius 2 is 2.53 bits per heavy atom. The number of carbonyl (C=O) groups is 1. The lowest BCUT2D eigenvalue weighted by Gasteiger charge is -2.09. The van der Waals surface area contributed by atoms with E-state index in [0.29, 0.717) is 17.8 Å². The molecule has 2 heterocycles. The molecule has 1 aliphatic rings. The first-order valence-corrected chi connectivity index (χ1v) is 5.55. The molecule has 1 atom stereocenters. The van der Waals surface area contributed by atoms with Crippen molar-refractivity contribution >= 4 is 11.7 Å². The van der Waals surface area contributed by atoms with Crippen molar-refractivity contribution in [3.63, 3.8) is 0 Å². The molecule has 1 amide bonds. The number of ether oxygens (including phenoxy) is 1. The molecule has 0 aromatic carbocycles. The van der Waals surface area contributed by atoms with Gasteiger partial charge in [0, 0.05) is 12.8 Å². The summed E-state index contributed by atoms with van der Waals surface area (Å²) >= 11 is 0. The molecule has 1 unspecified atom stereocenters. The van der Waals surface area contributed by atoms with Crippen molar-refractivity contribution in [3.05, 3.63) is 23.9 Å². The first-order chi connectivity index (χ1) is 8.28. The number of anilines is 1. The van der Waals surface area contributed by atoms with Crippen molar-refractivity contribution in [1.82, 2.24) is 4.98 Å². The van der Waals surface area contributed by atoms with Crippen molar-refractivity contribution in [2.75, 3.05) is 11.9 Å². The van der Waals surface area contributed by atoms with Crippen LogP contribution in [0, 0.1) is 11.3 Å². The zero-order chi connectivity index (χ0) is 12.1. The SMILES string of the molecule is N#Cc1ccc(NC(=O)CC2CCCO2)nc1. The van der Waals surface area contributed by atoms with E-state index in [4.69, 9.17) is 10.00 Å². The topological polar surface area (TPSA) is 75.0 Å². The van der Waals surface area contributed by atoms with E-state index in [-0.39, 0.29) is 12.0 Å². The monoisotopic (exact) mass is 231 g/mol. The van der Waals surface area contributed by atoms with E-state index < -0.39 is 0 Å². The summed E-state index contributed by atoms with van der Waals surface area (Å²) in [5.41, 5.74) is 0.474. The average molecular weight is 231 g/mol. The van der Waals surface area contributed by atoms with E-state index >= 15 is 0 Å². The highest BCUT2D eigenvalue weighted by atomic mass is 16.5. The lowest BCUT2D eigenvalue weighted by atomic mass is 10.2. The molecule has 0 bridgehead atoms. The molecule has 88 valence electrons. The molecule has 1 aromatic heterocycles. The maximum atomic E-state index is 11.6. The average Bonchev–Trinajstić information content (AvgIpc) is 2.82. The van der Waals surface area contributed by atoms with Crippen LogP contribution >= 0.6 is 0 Å². The van der Waals surface area contributed by atoms with Crippen LogP contribution in [0.15, 0.2) is 18.3 Å². The minimum absolute atomic E-state index is 0.0355. The number of hydrogen-bond acceptors (Lipinski definition) is 4. The number of nitrogens with zero attached hydrogens (tertiary/aromatic N) is 2. The third kappa shape index (κ3) is 3.26. The van der Waals surface area contributed by atoms with Gasteiger partial charge in [-0.2, -0.15) is 5.26 Å². The van der Waals surface area contributed by atoms with Gasteiger partial charge >= 0.3 is 0 Å². The minimum Gasteiger partial charge on any atom is -0.378 e. The number of amides is 1. The Morgan fingerprint density at radius 3 is 3.12 bits per heavy atom. The van der Waals surface area contributed by atoms with Crippen molar-refractivity contribution in [2.24, 2.45) is 0 Å². The number of hydrogen-bond donors (Lipinski definition) is 1. The zero-order valence-corrected chi connectivity index (χ0v) is 9.35. The van der Waals surface area contributed by atoms with E-state index in [2.05, 4.69) is 10.3 Å². The van der Waals surface area contributed by atoms with Crippen LogP contribution in [0.1, 0.15) is 24.8 Å². The molecule has 17 heavy (non-hydrogen) atoms. The summed E-state index contributed by atoms with van der Waals surface area (Å²) in [7, 11) is 0. The number of aromatic nitrogens is 1. The smallest absolute Gasteiger partial charge is 0.228 e. The Balaban J connectivity index is 1.86. The third-order valence-electron chi connectivity index (χ3n) is 2.60. The Labute approximate surface area is 99.4 Å². The van der Waals surface area contributed by atoms with Crippen LogP contribution in [0.25, 0.3) is 0 Å². The Morgan fingerprint density at radius 1 is 1.65 bits per heavy atom. The van der Waals surface area contributed by atoms with Gasteiger partial charge in [0.1, 0.15) is 11.9 Å². The molecule has 2 rings (SSSR count). The molecule has 0 spiro atoms. The van der Waals surface area contributed by atoms with E-state index in [1.807, 2.05) is 6.07 Å². The normalized spacial score (nSPS) is 18.6. The van der Waals surface area contributed by atoms with Gasteiger partial charge < -0.3 is 10.1 Å². The van der Waals surface area contributed by atoms with Gasteiger partial charge in [0.2, 0.25) is 5.91 Å². The second kappa shape index (κ2) is 5.41. The summed E-state index contributed by atoms with van der Waals surface area (Å²) in [5.74, 6) is 0.362. The van der Waals surface area contributed by atoms with Gasteiger partial charge in [-0.05, 0) is 25.0 Å². The van der Waals surface area contributed by atoms with Gasteiger partial charge in [0.05, 0.1) is 18.1 Å². The van der Waals surface area contributed by atoms with E-state index in [0.717, 1.165) is 19.4 Å². The summed E-state index contributed by atoms with van der Waals surface area (Å²) in [6.07, 6.45) is 3.79. The highest BCUT2D eigenvalue weighted by Gasteiger charge is 2.19. The van der Waals surface area contributed by atoms with Gasteiger partial charge in [-0.25, -0.2) is 4.98 Å². The predicted octanol–water partition coefficient (Wildman–Crippen LogP) is 1.46. The summed E-state index contributed by atoms with van der Waals surface area (Å²) in [5, 5.41) is 11.3. The van der Waals surface area contributed by atoms with Crippen LogP contribution < -0.4 is 5.32 Å². The van der Waals surface area contributed by atoms with Gasteiger partial charge in [-0.15, -0.1) is 0 Å². The molecule has 1 aliphatic heterocycles. The predicted molar refractivity (Wildman–Crippen MR) is 61.2 cm³/mol. The first-order valence-electron chi connectivity index (χ1n) is 5.55. The lowest BCUT2D eigenvalue weighted by Crippen LogP contribution is -2.19. The molecule has 0 aliphatic carbocycles. The van der Waals surface area contributed by atoms with Gasteiger partial charge in [0.25, 0.3) is 0 Å². The number of nitrogens with one attached hydrogen (secondary N) is 1. The van der Waals surface area contributed by atoms with Crippen LogP contribution in [0.5, 0.6) is 0 Å². The Bertz CT molecular complexity index is 430. The molecule has 1 fully saturated rings. The minimum atomic E-state index is -0.103. The standard InChI is InChI=1S/C12H13N3O2/c13-7-9-3-4-11(14-8-9)15-12(16)6-10-2-1-5-17-10/h3-4,8,10H,1-2,5-6H2,(H,14,15,16). The van der Waals surface area contributed by atoms with Crippen LogP contribution in [-0.4, -0.2) is 23.6 Å². The van der Waals surface area contributed by atoms with Crippen molar-refractivity contribution < 1.29 is 9.53 Å². The van der Waals surface area contributed by atoms with Crippen molar-refractivity contribution in [3.8, 4) is 6.07 Å². The van der Waals surface area contributed by atoms with Gasteiger partial charge in [0.15, 0.2) is 0 Å². The summed E-state index contributed by atoms with van der Waals surface area (Å²) in [6, 6.07) is 5.21. The third-order valence-corrected chi connectivity index (χ3v) is 2.60. The van der Waals surface area contributed by atoms with E-state index in [9.17, 15) is 4.79 Å². The molecule has 0 radical (unpaired) electrons. The first kappa shape index (κ1) is 11.6. The Kier molecular flexibility index (Phi) is 3.68. The fourth-order valence-corrected chi connectivity index (χ4v) is 1.74. The quantitative estimate of drug-likeness (QED) is 0.854. The molecule has 1 aromatic rings. The van der Waals surface area contributed by atoms with Gasteiger partial charge in [-0.1, -0.05) is 0 Å². The highest BCUT2D eigenvalue weighted by Crippen LogP contribution is 2.16.